The fourth-order valence-corrected chi connectivity index (χ4v) is 6.65. The van der Waals surface area contributed by atoms with E-state index in [0.717, 1.165) is 38.5 Å². The van der Waals surface area contributed by atoms with Gasteiger partial charge < -0.3 is 4.90 Å². The maximum absolute atomic E-state index is 13.6. The summed E-state index contributed by atoms with van der Waals surface area (Å²) in [6.45, 7) is -0.0328. The zero-order valence-electron chi connectivity index (χ0n) is 17.2. The van der Waals surface area contributed by atoms with E-state index in [1.165, 1.54) is 49.0 Å². The lowest BCUT2D eigenvalue weighted by Crippen LogP contribution is -2.53. The van der Waals surface area contributed by atoms with Crippen molar-refractivity contribution in [1.82, 2.24) is 14.2 Å². The Balaban J connectivity index is 1.56. The van der Waals surface area contributed by atoms with Crippen LogP contribution in [0.1, 0.15) is 77.0 Å². The summed E-state index contributed by atoms with van der Waals surface area (Å²) in [7, 11) is -3.70. The summed E-state index contributed by atoms with van der Waals surface area (Å²) in [5.41, 5.74) is 0. The van der Waals surface area contributed by atoms with Crippen molar-refractivity contribution in [2.75, 3.05) is 6.54 Å². The first kappa shape index (κ1) is 20.8. The smallest absolute Gasteiger partial charge is 0.245 e. The number of pyridine rings is 1. The number of hydrogen-bond acceptors (Lipinski definition) is 4. The fraction of sp³-hybridized carbons (Fsp3) is 0.727. The van der Waals surface area contributed by atoms with Crippen LogP contribution < -0.4 is 0 Å². The Morgan fingerprint density at radius 1 is 0.897 bits per heavy atom. The molecule has 0 radical (unpaired) electrons. The SMILES string of the molecule is O=C(CN(C1CC1)S(=O)(=O)c1cccnc1)N(C1CCCCC1)C1CCCCC1. The first-order chi connectivity index (χ1) is 14.1. The number of nitrogens with zero attached hydrogens (tertiary/aromatic N) is 3. The lowest BCUT2D eigenvalue weighted by Gasteiger charge is -2.42. The van der Waals surface area contributed by atoms with Gasteiger partial charge in [-0.1, -0.05) is 38.5 Å². The monoisotopic (exact) mass is 419 g/mol. The first-order valence-corrected chi connectivity index (χ1v) is 12.7. The molecule has 0 aliphatic heterocycles. The van der Waals surface area contributed by atoms with E-state index >= 15 is 0 Å². The lowest BCUT2D eigenvalue weighted by atomic mass is 9.88. The van der Waals surface area contributed by atoms with E-state index in [9.17, 15) is 13.2 Å². The second kappa shape index (κ2) is 9.13. The highest BCUT2D eigenvalue weighted by molar-refractivity contribution is 7.89. The van der Waals surface area contributed by atoms with Crippen LogP contribution >= 0.6 is 0 Å². The molecule has 1 aromatic rings. The summed E-state index contributed by atoms with van der Waals surface area (Å²) in [6, 6.07) is 3.71. The summed E-state index contributed by atoms with van der Waals surface area (Å²) >= 11 is 0. The van der Waals surface area contributed by atoms with E-state index in [2.05, 4.69) is 9.88 Å². The average molecular weight is 420 g/mol. The van der Waals surface area contributed by atoms with Gasteiger partial charge >= 0.3 is 0 Å². The number of aromatic nitrogens is 1. The van der Waals surface area contributed by atoms with Gasteiger partial charge in [0.1, 0.15) is 4.90 Å². The third-order valence-electron chi connectivity index (χ3n) is 6.71. The molecule has 3 saturated carbocycles. The topological polar surface area (TPSA) is 70.6 Å². The van der Waals surface area contributed by atoms with Crippen molar-refractivity contribution in [3.63, 3.8) is 0 Å². The highest BCUT2D eigenvalue weighted by Crippen LogP contribution is 2.34. The van der Waals surface area contributed by atoms with Gasteiger partial charge in [-0.3, -0.25) is 9.78 Å². The van der Waals surface area contributed by atoms with Crippen molar-refractivity contribution in [1.29, 1.82) is 0 Å². The molecule has 0 saturated heterocycles. The molecule has 29 heavy (non-hydrogen) atoms. The maximum atomic E-state index is 13.6. The number of carbonyl (C=O) groups excluding carboxylic acids is 1. The molecule has 6 nitrogen and oxygen atoms in total. The van der Waals surface area contributed by atoms with Crippen LogP contribution in [0.2, 0.25) is 0 Å². The fourth-order valence-electron chi connectivity index (χ4n) is 5.05. The first-order valence-electron chi connectivity index (χ1n) is 11.3. The Kier molecular flexibility index (Phi) is 6.54. The van der Waals surface area contributed by atoms with E-state index in [1.54, 1.807) is 18.3 Å². The van der Waals surface area contributed by atoms with Gasteiger partial charge in [0.2, 0.25) is 15.9 Å². The van der Waals surface area contributed by atoms with Gasteiger partial charge in [-0.05, 0) is 50.7 Å². The highest BCUT2D eigenvalue weighted by atomic mass is 32.2. The van der Waals surface area contributed by atoms with Gasteiger partial charge in [-0.2, -0.15) is 4.31 Å². The Morgan fingerprint density at radius 2 is 1.48 bits per heavy atom. The van der Waals surface area contributed by atoms with Crippen LogP contribution in [0.15, 0.2) is 29.4 Å². The Labute approximate surface area is 174 Å². The van der Waals surface area contributed by atoms with Crippen LogP contribution in [0, 0.1) is 0 Å². The van der Waals surface area contributed by atoms with Gasteiger partial charge in [0, 0.05) is 30.5 Å². The van der Waals surface area contributed by atoms with E-state index in [-0.39, 0.29) is 35.5 Å². The zero-order valence-corrected chi connectivity index (χ0v) is 18.0. The van der Waals surface area contributed by atoms with Crippen LogP contribution in [0.3, 0.4) is 0 Å². The lowest BCUT2D eigenvalue weighted by molar-refractivity contribution is -0.138. The minimum absolute atomic E-state index is 0.00293. The molecule has 0 unspecified atom stereocenters. The van der Waals surface area contributed by atoms with Crippen molar-refractivity contribution in [2.45, 2.75) is 100 Å². The second-order valence-electron chi connectivity index (χ2n) is 8.85. The molecule has 0 spiro atoms. The standard InChI is InChI=1S/C22H33N3O3S/c26-22(25(19-8-3-1-4-9-19)20-10-5-2-6-11-20)17-24(18-13-14-18)29(27,28)21-12-7-15-23-16-21/h7,12,15-16,18-20H,1-6,8-11,13-14,17H2. The minimum atomic E-state index is -3.70. The van der Waals surface area contributed by atoms with E-state index in [0.29, 0.717) is 0 Å². The predicted octanol–water partition coefficient (Wildman–Crippen LogP) is 3.73. The van der Waals surface area contributed by atoms with Crippen molar-refractivity contribution in [3.8, 4) is 0 Å². The van der Waals surface area contributed by atoms with Crippen molar-refractivity contribution in [2.24, 2.45) is 0 Å². The molecule has 0 atom stereocenters. The second-order valence-corrected chi connectivity index (χ2v) is 10.7. The number of amides is 1. The molecule has 4 rings (SSSR count). The van der Waals surface area contributed by atoms with Crippen molar-refractivity contribution < 1.29 is 13.2 Å². The highest BCUT2D eigenvalue weighted by Gasteiger charge is 2.42. The van der Waals surface area contributed by atoms with Crippen LogP contribution in [-0.4, -0.2) is 53.2 Å². The van der Waals surface area contributed by atoms with Gasteiger partial charge in [0.25, 0.3) is 0 Å². The minimum Gasteiger partial charge on any atom is -0.336 e. The van der Waals surface area contributed by atoms with E-state index in [1.807, 2.05) is 0 Å². The molecular formula is C22H33N3O3S. The van der Waals surface area contributed by atoms with Gasteiger partial charge in [0.15, 0.2) is 0 Å². The third-order valence-corrected chi connectivity index (χ3v) is 8.59. The summed E-state index contributed by atoms with van der Waals surface area (Å²) in [5, 5.41) is 0. The number of carbonyl (C=O) groups is 1. The molecule has 0 aromatic carbocycles. The molecule has 3 aliphatic rings. The van der Waals surface area contributed by atoms with Crippen LogP contribution in [0.4, 0.5) is 0 Å². The van der Waals surface area contributed by atoms with Crippen molar-refractivity contribution in [3.05, 3.63) is 24.5 Å². The van der Waals surface area contributed by atoms with Gasteiger partial charge in [0.05, 0.1) is 6.54 Å². The zero-order chi connectivity index (χ0) is 20.3. The third kappa shape index (κ3) is 4.82. The molecule has 1 heterocycles. The van der Waals surface area contributed by atoms with Gasteiger partial charge in [-0.25, -0.2) is 8.42 Å². The Morgan fingerprint density at radius 3 is 1.97 bits per heavy atom. The van der Waals surface area contributed by atoms with Crippen LogP contribution in [0.5, 0.6) is 0 Å². The quantitative estimate of drug-likeness (QED) is 0.675. The molecule has 7 heteroatoms. The molecule has 1 aromatic heterocycles. The predicted molar refractivity (Wildman–Crippen MR) is 112 cm³/mol. The molecular weight excluding hydrogens is 386 g/mol. The summed E-state index contributed by atoms with van der Waals surface area (Å²) in [6.07, 6.45) is 16.0. The number of hydrogen-bond donors (Lipinski definition) is 0. The van der Waals surface area contributed by atoms with Gasteiger partial charge in [-0.15, -0.1) is 0 Å². The van der Waals surface area contributed by atoms with Crippen LogP contribution in [-0.2, 0) is 14.8 Å². The molecule has 3 aliphatic carbocycles. The Hall–Kier alpha value is -1.47. The molecule has 0 N–H and O–H groups in total. The van der Waals surface area contributed by atoms with E-state index in [4.69, 9.17) is 0 Å². The maximum Gasteiger partial charge on any atom is 0.245 e. The average Bonchev–Trinajstić information content (AvgIpc) is 3.59. The molecule has 3 fully saturated rings. The number of sulfonamides is 1. The molecule has 0 bridgehead atoms. The molecule has 160 valence electrons. The van der Waals surface area contributed by atoms with Crippen LogP contribution in [0.25, 0.3) is 0 Å². The molecule has 1 amide bonds. The normalized spacial score (nSPS) is 22.0. The largest absolute Gasteiger partial charge is 0.336 e. The van der Waals surface area contributed by atoms with Crippen molar-refractivity contribution >= 4 is 15.9 Å². The summed E-state index contributed by atoms with van der Waals surface area (Å²) in [5.74, 6) is 0.00293. The number of rotatable bonds is 7. The van der Waals surface area contributed by atoms with E-state index < -0.39 is 10.0 Å². The summed E-state index contributed by atoms with van der Waals surface area (Å²) < 4.78 is 27.9. The summed E-state index contributed by atoms with van der Waals surface area (Å²) in [4.78, 5) is 19.8. The Bertz CT molecular complexity index is 765.